The maximum absolute atomic E-state index is 13.2. The molecule has 116 valence electrons. The van der Waals surface area contributed by atoms with Gasteiger partial charge in [0.25, 0.3) is 0 Å². The van der Waals surface area contributed by atoms with Gasteiger partial charge in [-0.3, -0.25) is 4.79 Å². The first kappa shape index (κ1) is 16.2. The van der Waals surface area contributed by atoms with Gasteiger partial charge in [-0.15, -0.1) is 12.4 Å². The van der Waals surface area contributed by atoms with Crippen molar-refractivity contribution in [2.75, 3.05) is 7.05 Å². The molecule has 1 aromatic rings. The van der Waals surface area contributed by atoms with Gasteiger partial charge in [0.1, 0.15) is 5.82 Å². The van der Waals surface area contributed by atoms with Crippen molar-refractivity contribution in [1.29, 1.82) is 0 Å². The Bertz CT molecular complexity index is 499. The largest absolute Gasteiger partial charge is 0.342 e. The minimum atomic E-state index is -0.280. The minimum absolute atomic E-state index is 0. The molecule has 2 heterocycles. The first-order valence-electron chi connectivity index (χ1n) is 7.38. The van der Waals surface area contributed by atoms with E-state index in [1.54, 1.807) is 12.1 Å². The number of benzene rings is 1. The average Bonchev–Trinajstić information content (AvgIpc) is 2.76. The topological polar surface area (TPSA) is 32.3 Å². The summed E-state index contributed by atoms with van der Waals surface area (Å²) in [4.78, 5) is 14.2. The van der Waals surface area contributed by atoms with Crippen LogP contribution in [0.2, 0.25) is 0 Å². The Morgan fingerprint density at radius 2 is 2.00 bits per heavy atom. The fourth-order valence-electron chi connectivity index (χ4n) is 3.49. The van der Waals surface area contributed by atoms with Gasteiger partial charge in [0, 0.05) is 25.2 Å². The lowest BCUT2D eigenvalue weighted by atomic mass is 9.98. The summed E-state index contributed by atoms with van der Waals surface area (Å²) in [5.74, 6) is -0.195. The minimum Gasteiger partial charge on any atom is -0.342 e. The second-order valence-electron chi connectivity index (χ2n) is 6.07. The van der Waals surface area contributed by atoms with Gasteiger partial charge in [0.05, 0.1) is 6.42 Å². The molecular formula is C16H22ClFN2O. The van der Waals surface area contributed by atoms with Crippen LogP contribution in [0.1, 0.15) is 31.2 Å². The van der Waals surface area contributed by atoms with E-state index in [1.807, 2.05) is 11.9 Å². The maximum Gasteiger partial charge on any atom is 0.226 e. The van der Waals surface area contributed by atoms with Crippen molar-refractivity contribution in [3.63, 3.8) is 0 Å². The zero-order chi connectivity index (χ0) is 14.1. The lowest BCUT2D eigenvalue weighted by Gasteiger charge is -2.35. The summed E-state index contributed by atoms with van der Waals surface area (Å²) in [6.45, 7) is 0. The van der Waals surface area contributed by atoms with Gasteiger partial charge in [-0.2, -0.15) is 0 Å². The molecule has 2 unspecified atom stereocenters. The number of fused-ring (bicyclic) bond motifs is 2. The number of likely N-dealkylation sites (N-methyl/N-ethyl adjacent to an activating group) is 1. The van der Waals surface area contributed by atoms with Gasteiger partial charge < -0.3 is 10.2 Å². The molecule has 3 nitrogen and oxygen atoms in total. The van der Waals surface area contributed by atoms with E-state index in [-0.39, 0.29) is 30.6 Å². The van der Waals surface area contributed by atoms with Gasteiger partial charge in [-0.25, -0.2) is 4.39 Å². The van der Waals surface area contributed by atoms with Gasteiger partial charge in [-0.05, 0) is 43.4 Å². The summed E-state index contributed by atoms with van der Waals surface area (Å²) in [6.07, 6.45) is 4.83. The molecule has 2 fully saturated rings. The summed E-state index contributed by atoms with van der Waals surface area (Å²) < 4.78 is 13.2. The van der Waals surface area contributed by atoms with E-state index in [1.165, 1.54) is 25.0 Å². The van der Waals surface area contributed by atoms with Crippen LogP contribution in [0.5, 0.6) is 0 Å². The smallest absolute Gasteiger partial charge is 0.226 e. The zero-order valence-corrected chi connectivity index (χ0v) is 13.0. The van der Waals surface area contributed by atoms with Crippen molar-refractivity contribution in [3.05, 3.63) is 35.6 Å². The van der Waals surface area contributed by atoms with E-state index in [0.29, 0.717) is 18.1 Å². The van der Waals surface area contributed by atoms with E-state index in [9.17, 15) is 9.18 Å². The van der Waals surface area contributed by atoms with Crippen LogP contribution in [0.4, 0.5) is 4.39 Å². The van der Waals surface area contributed by atoms with Crippen LogP contribution in [0.3, 0.4) is 0 Å². The van der Waals surface area contributed by atoms with Crippen LogP contribution >= 0.6 is 12.4 Å². The summed E-state index contributed by atoms with van der Waals surface area (Å²) in [7, 11) is 1.89. The number of piperidine rings is 1. The summed E-state index contributed by atoms with van der Waals surface area (Å²) in [6, 6.07) is 7.78. The van der Waals surface area contributed by atoms with Crippen molar-refractivity contribution < 1.29 is 9.18 Å². The molecule has 0 spiro atoms. The number of carbonyl (C=O) groups is 1. The number of nitrogens with one attached hydrogen (secondary N) is 1. The quantitative estimate of drug-likeness (QED) is 0.930. The Labute approximate surface area is 131 Å². The molecule has 21 heavy (non-hydrogen) atoms. The Kier molecular flexibility index (Phi) is 5.22. The van der Waals surface area contributed by atoms with Crippen molar-refractivity contribution in [1.82, 2.24) is 10.2 Å². The third kappa shape index (κ3) is 3.74. The fraction of sp³-hybridized carbons (Fsp3) is 0.562. The summed E-state index contributed by atoms with van der Waals surface area (Å²) in [5.41, 5.74) is 0.749. The highest BCUT2D eigenvalue weighted by atomic mass is 35.5. The van der Waals surface area contributed by atoms with Crippen LogP contribution in [-0.2, 0) is 11.2 Å². The first-order valence-corrected chi connectivity index (χ1v) is 7.38. The number of hydrogen-bond acceptors (Lipinski definition) is 2. The van der Waals surface area contributed by atoms with Crippen LogP contribution in [0, 0.1) is 5.82 Å². The maximum atomic E-state index is 13.2. The third-order valence-corrected chi connectivity index (χ3v) is 4.63. The van der Waals surface area contributed by atoms with Crippen LogP contribution in [0.15, 0.2) is 24.3 Å². The molecule has 2 saturated heterocycles. The van der Waals surface area contributed by atoms with Crippen LogP contribution < -0.4 is 5.32 Å². The molecule has 0 radical (unpaired) electrons. The SMILES string of the molecule is CN(C(=O)Cc1cccc(F)c1)C1CC2CCC(C1)N2.Cl. The van der Waals surface area contributed by atoms with E-state index in [2.05, 4.69) is 5.32 Å². The van der Waals surface area contributed by atoms with E-state index in [4.69, 9.17) is 0 Å². The Balaban J connectivity index is 0.00000161. The van der Waals surface area contributed by atoms with Gasteiger partial charge >= 0.3 is 0 Å². The number of nitrogens with zero attached hydrogens (tertiary/aromatic N) is 1. The second-order valence-corrected chi connectivity index (χ2v) is 6.07. The number of hydrogen-bond donors (Lipinski definition) is 1. The summed E-state index contributed by atoms with van der Waals surface area (Å²) in [5, 5.41) is 3.58. The predicted molar refractivity (Wildman–Crippen MR) is 83.1 cm³/mol. The highest BCUT2D eigenvalue weighted by molar-refractivity contribution is 5.85. The highest BCUT2D eigenvalue weighted by Crippen LogP contribution is 2.29. The molecule has 1 N–H and O–H groups in total. The molecule has 2 aliphatic rings. The molecule has 0 aromatic heterocycles. The number of rotatable bonds is 3. The number of carbonyl (C=O) groups excluding carboxylic acids is 1. The lowest BCUT2D eigenvalue weighted by Crippen LogP contribution is -2.49. The van der Waals surface area contributed by atoms with Crippen molar-refractivity contribution >= 4 is 18.3 Å². The molecule has 3 rings (SSSR count). The van der Waals surface area contributed by atoms with Crippen molar-refractivity contribution in [3.8, 4) is 0 Å². The Morgan fingerprint density at radius 3 is 2.62 bits per heavy atom. The highest BCUT2D eigenvalue weighted by Gasteiger charge is 2.36. The molecular weight excluding hydrogens is 291 g/mol. The van der Waals surface area contributed by atoms with E-state index in [0.717, 1.165) is 18.4 Å². The van der Waals surface area contributed by atoms with Gasteiger partial charge in [0.15, 0.2) is 0 Å². The average molecular weight is 313 g/mol. The van der Waals surface area contributed by atoms with Crippen LogP contribution in [-0.4, -0.2) is 36.0 Å². The van der Waals surface area contributed by atoms with Crippen molar-refractivity contribution in [2.24, 2.45) is 0 Å². The van der Waals surface area contributed by atoms with Crippen LogP contribution in [0.25, 0.3) is 0 Å². The molecule has 2 bridgehead atoms. The van der Waals surface area contributed by atoms with Gasteiger partial charge in [0.2, 0.25) is 5.91 Å². The zero-order valence-electron chi connectivity index (χ0n) is 12.2. The van der Waals surface area contributed by atoms with E-state index < -0.39 is 0 Å². The van der Waals surface area contributed by atoms with Gasteiger partial charge in [-0.1, -0.05) is 12.1 Å². The summed E-state index contributed by atoms with van der Waals surface area (Å²) >= 11 is 0. The second kappa shape index (κ2) is 6.75. The first-order chi connectivity index (χ1) is 9.61. The Morgan fingerprint density at radius 1 is 1.33 bits per heavy atom. The molecule has 1 amide bonds. The van der Waals surface area contributed by atoms with Crippen molar-refractivity contribution in [2.45, 2.75) is 50.2 Å². The molecule has 1 aromatic carbocycles. The standard InChI is InChI=1S/C16H21FN2O.ClH/c1-19(15-9-13-5-6-14(10-15)18-13)16(20)8-11-3-2-4-12(17)7-11;/h2-4,7,13-15,18H,5-6,8-10H2,1H3;1H. The molecule has 5 heteroatoms. The fourth-order valence-corrected chi connectivity index (χ4v) is 3.49. The predicted octanol–water partition coefficient (Wildman–Crippen LogP) is 2.53. The molecule has 2 aliphatic heterocycles. The lowest BCUT2D eigenvalue weighted by molar-refractivity contribution is -0.131. The molecule has 0 saturated carbocycles. The monoisotopic (exact) mass is 312 g/mol. The van der Waals surface area contributed by atoms with E-state index >= 15 is 0 Å². The number of amides is 1. The Hall–Kier alpha value is -1.13. The normalized spacial score (nSPS) is 27.0. The number of halogens is 2. The third-order valence-electron chi connectivity index (χ3n) is 4.63. The molecule has 2 atom stereocenters. The molecule has 0 aliphatic carbocycles.